The molecule has 0 spiro atoms. The number of benzene rings is 2. The van der Waals surface area contributed by atoms with Crippen molar-refractivity contribution in [3.8, 4) is 5.75 Å². The summed E-state index contributed by atoms with van der Waals surface area (Å²) >= 11 is 10.6. The van der Waals surface area contributed by atoms with E-state index in [4.69, 9.17) is 0 Å². The molecular formula is C16H16Br3NO. The lowest BCUT2D eigenvalue weighted by Gasteiger charge is -2.18. The number of aryl methyl sites for hydroxylation is 1. The number of hydrogen-bond donors (Lipinski definition) is 2. The number of rotatable bonds is 5. The first-order chi connectivity index (χ1) is 9.95. The summed E-state index contributed by atoms with van der Waals surface area (Å²) in [6.07, 6.45) is 1.99. The lowest BCUT2D eigenvalue weighted by atomic mass is 10.1. The second-order valence-electron chi connectivity index (χ2n) is 4.99. The molecule has 0 bridgehead atoms. The van der Waals surface area contributed by atoms with Gasteiger partial charge in [-0.2, -0.15) is 0 Å². The van der Waals surface area contributed by atoms with Crippen LogP contribution in [0.4, 0.5) is 5.69 Å². The van der Waals surface area contributed by atoms with Crippen LogP contribution in [0.5, 0.6) is 5.75 Å². The number of hydrogen-bond acceptors (Lipinski definition) is 2. The quantitative estimate of drug-likeness (QED) is 0.544. The molecule has 112 valence electrons. The van der Waals surface area contributed by atoms with Gasteiger partial charge in [0.15, 0.2) is 0 Å². The lowest BCUT2D eigenvalue weighted by molar-refractivity contribution is 0.475. The summed E-state index contributed by atoms with van der Waals surface area (Å²) in [5, 5.41) is 12.8. The zero-order valence-electron chi connectivity index (χ0n) is 11.5. The minimum Gasteiger partial charge on any atom is -0.508 e. The van der Waals surface area contributed by atoms with Gasteiger partial charge in [-0.1, -0.05) is 28.1 Å². The highest BCUT2D eigenvalue weighted by molar-refractivity contribution is 9.11. The van der Waals surface area contributed by atoms with E-state index in [1.807, 2.05) is 24.3 Å². The maximum Gasteiger partial charge on any atom is 0.115 e. The summed E-state index contributed by atoms with van der Waals surface area (Å²) in [7, 11) is 0. The summed E-state index contributed by atoms with van der Waals surface area (Å²) in [6.45, 7) is 2.17. The standard InChI is InChI=1S/C16H16Br3NO/c1-10(2-3-11-4-6-13(21)7-5-11)20-16-14(18)8-12(17)9-15(16)19/h4-10,20-21H,2-3H2,1H3. The molecule has 0 amide bonds. The Morgan fingerprint density at radius 1 is 1.05 bits per heavy atom. The molecule has 0 saturated heterocycles. The maximum atomic E-state index is 9.29. The average Bonchev–Trinajstić information content (AvgIpc) is 2.42. The summed E-state index contributed by atoms with van der Waals surface area (Å²) in [6, 6.07) is 11.8. The van der Waals surface area contributed by atoms with Gasteiger partial charge in [-0.3, -0.25) is 0 Å². The van der Waals surface area contributed by atoms with Gasteiger partial charge in [-0.15, -0.1) is 0 Å². The highest BCUT2D eigenvalue weighted by atomic mass is 79.9. The zero-order valence-corrected chi connectivity index (χ0v) is 16.3. The number of phenols is 1. The normalized spacial score (nSPS) is 12.2. The predicted octanol–water partition coefficient (Wildman–Crippen LogP) is 6.11. The summed E-state index contributed by atoms with van der Waals surface area (Å²) < 4.78 is 3.09. The van der Waals surface area contributed by atoms with E-state index >= 15 is 0 Å². The van der Waals surface area contributed by atoms with Crippen LogP contribution >= 0.6 is 47.8 Å². The maximum absolute atomic E-state index is 9.29. The van der Waals surface area contributed by atoms with Gasteiger partial charge in [0.05, 0.1) is 5.69 Å². The van der Waals surface area contributed by atoms with Crippen LogP contribution in [-0.2, 0) is 6.42 Å². The van der Waals surface area contributed by atoms with Crippen LogP contribution in [0, 0.1) is 0 Å². The lowest BCUT2D eigenvalue weighted by Crippen LogP contribution is -2.16. The Balaban J connectivity index is 1.96. The van der Waals surface area contributed by atoms with Crippen LogP contribution in [-0.4, -0.2) is 11.1 Å². The average molecular weight is 478 g/mol. The molecule has 0 aliphatic heterocycles. The van der Waals surface area contributed by atoms with Crippen molar-refractivity contribution >= 4 is 53.5 Å². The molecule has 0 aliphatic rings. The first kappa shape index (κ1) is 16.8. The molecule has 1 unspecified atom stereocenters. The fourth-order valence-electron chi connectivity index (χ4n) is 2.04. The van der Waals surface area contributed by atoms with Crippen molar-refractivity contribution in [2.75, 3.05) is 5.32 Å². The highest BCUT2D eigenvalue weighted by Gasteiger charge is 2.10. The van der Waals surface area contributed by atoms with Crippen molar-refractivity contribution in [3.63, 3.8) is 0 Å². The van der Waals surface area contributed by atoms with E-state index in [0.717, 1.165) is 31.9 Å². The molecule has 21 heavy (non-hydrogen) atoms. The topological polar surface area (TPSA) is 32.3 Å². The SMILES string of the molecule is CC(CCc1ccc(O)cc1)Nc1c(Br)cc(Br)cc1Br. The molecule has 2 nitrogen and oxygen atoms in total. The Bertz CT molecular complexity index is 590. The third-order valence-corrected chi connectivity index (χ3v) is 4.91. The van der Waals surface area contributed by atoms with Crippen molar-refractivity contribution in [1.29, 1.82) is 0 Å². The van der Waals surface area contributed by atoms with E-state index in [9.17, 15) is 5.11 Å². The number of anilines is 1. The van der Waals surface area contributed by atoms with Gasteiger partial charge in [0.2, 0.25) is 0 Å². The van der Waals surface area contributed by atoms with Gasteiger partial charge in [-0.05, 0) is 81.5 Å². The zero-order chi connectivity index (χ0) is 15.4. The van der Waals surface area contributed by atoms with Crippen LogP contribution in [0.25, 0.3) is 0 Å². The minimum atomic E-state index is 0.313. The number of aromatic hydroxyl groups is 1. The highest BCUT2D eigenvalue weighted by Crippen LogP contribution is 2.35. The Labute approximate surface area is 150 Å². The molecule has 2 rings (SSSR count). The number of phenolic OH excluding ortho intramolecular Hbond substituents is 1. The molecule has 2 aromatic rings. The Morgan fingerprint density at radius 2 is 1.62 bits per heavy atom. The van der Waals surface area contributed by atoms with Crippen molar-refractivity contribution in [2.45, 2.75) is 25.8 Å². The fourth-order valence-corrected chi connectivity index (χ4v) is 4.53. The largest absolute Gasteiger partial charge is 0.508 e. The molecule has 0 saturated carbocycles. The monoisotopic (exact) mass is 475 g/mol. The summed E-state index contributed by atoms with van der Waals surface area (Å²) in [5.74, 6) is 0.313. The molecule has 5 heteroatoms. The van der Waals surface area contributed by atoms with Gasteiger partial charge in [-0.25, -0.2) is 0 Å². The molecule has 2 N–H and O–H groups in total. The van der Waals surface area contributed by atoms with E-state index < -0.39 is 0 Å². The second kappa shape index (κ2) is 7.65. The van der Waals surface area contributed by atoms with Crippen molar-refractivity contribution in [2.24, 2.45) is 0 Å². The Morgan fingerprint density at radius 3 is 2.19 bits per heavy atom. The molecule has 0 aromatic heterocycles. The first-order valence-electron chi connectivity index (χ1n) is 6.64. The van der Waals surface area contributed by atoms with Gasteiger partial charge in [0, 0.05) is 19.5 Å². The molecule has 0 aliphatic carbocycles. The molecule has 1 atom stereocenters. The van der Waals surface area contributed by atoms with Crippen molar-refractivity contribution in [3.05, 3.63) is 55.4 Å². The van der Waals surface area contributed by atoms with Crippen LogP contribution in [0.2, 0.25) is 0 Å². The van der Waals surface area contributed by atoms with E-state index in [-0.39, 0.29) is 0 Å². The third-order valence-electron chi connectivity index (χ3n) is 3.20. The van der Waals surface area contributed by atoms with Gasteiger partial charge in [0.25, 0.3) is 0 Å². The molecule has 0 fully saturated rings. The molecule has 0 heterocycles. The summed E-state index contributed by atoms with van der Waals surface area (Å²) in [5.41, 5.74) is 2.30. The van der Waals surface area contributed by atoms with Gasteiger partial charge < -0.3 is 10.4 Å². The van der Waals surface area contributed by atoms with E-state index in [2.05, 4.69) is 60.0 Å². The second-order valence-corrected chi connectivity index (χ2v) is 7.62. The van der Waals surface area contributed by atoms with Gasteiger partial charge in [0.1, 0.15) is 5.75 Å². The van der Waals surface area contributed by atoms with Crippen LogP contribution < -0.4 is 5.32 Å². The Hall–Kier alpha value is -0.520. The predicted molar refractivity (Wildman–Crippen MR) is 99.1 cm³/mol. The fraction of sp³-hybridized carbons (Fsp3) is 0.250. The molecule has 0 radical (unpaired) electrons. The van der Waals surface area contributed by atoms with Crippen molar-refractivity contribution in [1.82, 2.24) is 0 Å². The minimum absolute atomic E-state index is 0.313. The van der Waals surface area contributed by atoms with E-state index in [1.54, 1.807) is 12.1 Å². The van der Waals surface area contributed by atoms with E-state index in [0.29, 0.717) is 11.8 Å². The number of nitrogens with one attached hydrogen (secondary N) is 1. The van der Waals surface area contributed by atoms with Crippen LogP contribution in [0.15, 0.2) is 49.8 Å². The van der Waals surface area contributed by atoms with Crippen LogP contribution in [0.1, 0.15) is 18.9 Å². The molecule has 2 aromatic carbocycles. The smallest absolute Gasteiger partial charge is 0.115 e. The Kier molecular flexibility index (Phi) is 6.14. The van der Waals surface area contributed by atoms with E-state index in [1.165, 1.54) is 5.56 Å². The molecular weight excluding hydrogens is 462 g/mol. The third kappa shape index (κ3) is 5.01. The summed E-state index contributed by atoms with van der Waals surface area (Å²) in [4.78, 5) is 0. The first-order valence-corrected chi connectivity index (χ1v) is 9.02. The van der Waals surface area contributed by atoms with Crippen LogP contribution in [0.3, 0.4) is 0 Å². The van der Waals surface area contributed by atoms with Crippen molar-refractivity contribution < 1.29 is 5.11 Å². The number of halogens is 3. The van der Waals surface area contributed by atoms with Gasteiger partial charge >= 0.3 is 0 Å².